The minimum atomic E-state index is 0.761. The van der Waals surface area contributed by atoms with Crippen molar-refractivity contribution >= 4 is 23.0 Å². The van der Waals surface area contributed by atoms with Gasteiger partial charge in [-0.2, -0.15) is 5.10 Å². The average Bonchev–Trinajstić information content (AvgIpc) is 2.92. The number of aromatic nitrogens is 2. The van der Waals surface area contributed by atoms with Crippen LogP contribution in [0.5, 0.6) is 0 Å². The van der Waals surface area contributed by atoms with Crippen molar-refractivity contribution in [1.29, 1.82) is 0 Å². The van der Waals surface area contributed by atoms with Crippen LogP contribution in [0.25, 0.3) is 0 Å². The lowest BCUT2D eigenvalue weighted by Crippen LogP contribution is -1.99. The van der Waals surface area contributed by atoms with Crippen LogP contribution in [0.1, 0.15) is 11.1 Å². The van der Waals surface area contributed by atoms with Crippen molar-refractivity contribution in [3.8, 4) is 0 Å². The number of benzene rings is 2. The van der Waals surface area contributed by atoms with E-state index in [-0.39, 0.29) is 0 Å². The van der Waals surface area contributed by atoms with Gasteiger partial charge in [0.25, 0.3) is 0 Å². The van der Waals surface area contributed by atoms with Crippen LogP contribution >= 0.6 is 11.6 Å². The molecule has 2 aromatic carbocycles. The van der Waals surface area contributed by atoms with Gasteiger partial charge in [0.2, 0.25) is 0 Å². The molecule has 0 fully saturated rings. The fourth-order valence-electron chi connectivity index (χ4n) is 2.18. The molecule has 3 rings (SSSR count). The van der Waals surface area contributed by atoms with E-state index in [1.807, 2.05) is 60.4 Å². The van der Waals surface area contributed by atoms with Crippen LogP contribution < -0.4 is 5.32 Å². The maximum absolute atomic E-state index is 6.13. The summed E-state index contributed by atoms with van der Waals surface area (Å²) in [6, 6.07) is 16.1. The minimum Gasteiger partial charge on any atom is -0.353 e. The molecule has 0 radical (unpaired) electrons. The Morgan fingerprint density at radius 2 is 1.90 bits per heavy atom. The first-order valence-electron chi connectivity index (χ1n) is 6.81. The predicted molar refractivity (Wildman–Crippen MR) is 87.2 cm³/mol. The molecule has 0 aliphatic carbocycles. The van der Waals surface area contributed by atoms with Gasteiger partial charge >= 0.3 is 0 Å². The molecule has 1 N–H and O–H groups in total. The second kappa shape index (κ2) is 6.02. The van der Waals surface area contributed by atoms with Gasteiger partial charge in [-0.25, -0.2) is 0 Å². The molecule has 0 saturated heterocycles. The van der Waals surface area contributed by atoms with E-state index in [9.17, 15) is 0 Å². The largest absolute Gasteiger partial charge is 0.353 e. The Bertz CT molecular complexity index is 735. The van der Waals surface area contributed by atoms with Crippen LogP contribution in [0, 0.1) is 6.92 Å². The molecule has 0 amide bonds. The fraction of sp³-hybridized carbons (Fsp3) is 0.118. The molecule has 0 aliphatic heterocycles. The van der Waals surface area contributed by atoms with E-state index in [2.05, 4.69) is 22.5 Å². The van der Waals surface area contributed by atoms with Gasteiger partial charge in [-0.3, -0.25) is 4.68 Å². The van der Waals surface area contributed by atoms with Crippen molar-refractivity contribution in [2.45, 2.75) is 13.5 Å². The molecule has 21 heavy (non-hydrogen) atoms. The van der Waals surface area contributed by atoms with Gasteiger partial charge in [0.05, 0.1) is 18.4 Å². The summed E-state index contributed by atoms with van der Waals surface area (Å²) >= 11 is 6.13. The van der Waals surface area contributed by atoms with Gasteiger partial charge in [-0.15, -0.1) is 0 Å². The molecule has 1 aromatic heterocycles. The Hall–Kier alpha value is -2.26. The number of hydrogen-bond donors (Lipinski definition) is 1. The summed E-state index contributed by atoms with van der Waals surface area (Å²) in [7, 11) is 0. The molecular weight excluding hydrogens is 282 g/mol. The first kappa shape index (κ1) is 13.7. The van der Waals surface area contributed by atoms with Gasteiger partial charge < -0.3 is 5.32 Å². The third-order valence-corrected chi connectivity index (χ3v) is 3.78. The van der Waals surface area contributed by atoms with Crippen molar-refractivity contribution in [3.05, 3.63) is 77.1 Å². The summed E-state index contributed by atoms with van der Waals surface area (Å²) in [5.74, 6) is 0. The van der Waals surface area contributed by atoms with Gasteiger partial charge in [-0.1, -0.05) is 48.0 Å². The fourth-order valence-corrected chi connectivity index (χ4v) is 2.36. The van der Waals surface area contributed by atoms with E-state index in [0.717, 1.165) is 28.5 Å². The lowest BCUT2D eigenvalue weighted by atomic mass is 10.2. The first-order valence-corrected chi connectivity index (χ1v) is 7.19. The van der Waals surface area contributed by atoms with E-state index in [4.69, 9.17) is 11.6 Å². The van der Waals surface area contributed by atoms with Crippen molar-refractivity contribution < 1.29 is 0 Å². The number of anilines is 2. The zero-order valence-corrected chi connectivity index (χ0v) is 12.5. The molecule has 0 atom stereocenters. The first-order chi connectivity index (χ1) is 10.2. The summed E-state index contributed by atoms with van der Waals surface area (Å²) < 4.78 is 1.91. The van der Waals surface area contributed by atoms with E-state index in [1.165, 1.54) is 5.56 Å². The smallest absolute Gasteiger partial charge is 0.0770 e. The monoisotopic (exact) mass is 297 g/mol. The number of nitrogens with zero attached hydrogens (tertiary/aromatic N) is 2. The topological polar surface area (TPSA) is 29.9 Å². The van der Waals surface area contributed by atoms with Crippen LogP contribution in [-0.2, 0) is 6.54 Å². The second-order valence-corrected chi connectivity index (χ2v) is 5.36. The second-order valence-electron chi connectivity index (χ2n) is 4.95. The van der Waals surface area contributed by atoms with E-state index in [1.54, 1.807) is 0 Å². The third-order valence-electron chi connectivity index (χ3n) is 3.37. The third kappa shape index (κ3) is 3.26. The van der Waals surface area contributed by atoms with Crippen molar-refractivity contribution in [3.63, 3.8) is 0 Å². The quantitative estimate of drug-likeness (QED) is 0.760. The Balaban J connectivity index is 1.75. The summed E-state index contributed by atoms with van der Waals surface area (Å²) in [5.41, 5.74) is 4.22. The van der Waals surface area contributed by atoms with Crippen LogP contribution in [0.15, 0.2) is 60.9 Å². The van der Waals surface area contributed by atoms with Gasteiger partial charge in [0.15, 0.2) is 0 Å². The summed E-state index contributed by atoms with van der Waals surface area (Å²) in [5, 5.41) is 8.49. The number of hydrogen-bond acceptors (Lipinski definition) is 2. The highest BCUT2D eigenvalue weighted by atomic mass is 35.5. The lowest BCUT2D eigenvalue weighted by molar-refractivity contribution is 0.687. The van der Waals surface area contributed by atoms with Crippen LogP contribution in [0.2, 0.25) is 5.02 Å². The molecule has 3 aromatic rings. The van der Waals surface area contributed by atoms with Gasteiger partial charge in [0, 0.05) is 16.9 Å². The van der Waals surface area contributed by atoms with E-state index in [0.29, 0.717) is 0 Å². The van der Waals surface area contributed by atoms with Crippen molar-refractivity contribution in [2.24, 2.45) is 0 Å². The number of halogens is 1. The average molecular weight is 298 g/mol. The Labute approximate surface area is 129 Å². The Kier molecular flexibility index (Phi) is 3.93. The molecule has 0 unspecified atom stereocenters. The van der Waals surface area contributed by atoms with Gasteiger partial charge in [-0.05, 0) is 30.2 Å². The molecule has 4 heteroatoms. The van der Waals surface area contributed by atoms with Crippen LogP contribution in [0.4, 0.5) is 11.4 Å². The van der Waals surface area contributed by atoms with E-state index >= 15 is 0 Å². The molecule has 1 heterocycles. The van der Waals surface area contributed by atoms with Crippen LogP contribution in [-0.4, -0.2) is 9.78 Å². The maximum atomic E-state index is 6.13. The normalized spacial score (nSPS) is 10.6. The predicted octanol–water partition coefficient (Wildman–Crippen LogP) is 4.64. The van der Waals surface area contributed by atoms with E-state index < -0.39 is 0 Å². The molecule has 0 saturated carbocycles. The standard InChI is InChI=1S/C17H16ClN3/c1-13-16(18)8-5-9-17(13)20-15-10-19-21(12-15)11-14-6-3-2-4-7-14/h2-10,12,20H,11H2,1H3. The molecule has 0 spiro atoms. The Morgan fingerprint density at radius 1 is 1.10 bits per heavy atom. The number of nitrogens with one attached hydrogen (secondary N) is 1. The zero-order chi connectivity index (χ0) is 14.7. The molecule has 0 bridgehead atoms. The highest BCUT2D eigenvalue weighted by Gasteiger charge is 2.04. The lowest BCUT2D eigenvalue weighted by Gasteiger charge is -2.08. The molecular formula is C17H16ClN3. The Morgan fingerprint density at radius 3 is 2.71 bits per heavy atom. The molecule has 3 nitrogen and oxygen atoms in total. The van der Waals surface area contributed by atoms with Gasteiger partial charge in [0.1, 0.15) is 0 Å². The summed E-state index contributed by atoms with van der Waals surface area (Å²) in [6.07, 6.45) is 3.82. The summed E-state index contributed by atoms with van der Waals surface area (Å²) in [6.45, 7) is 2.76. The highest BCUT2D eigenvalue weighted by molar-refractivity contribution is 6.31. The van der Waals surface area contributed by atoms with Crippen molar-refractivity contribution in [2.75, 3.05) is 5.32 Å². The zero-order valence-electron chi connectivity index (χ0n) is 11.8. The summed E-state index contributed by atoms with van der Waals surface area (Å²) in [4.78, 5) is 0. The SMILES string of the molecule is Cc1c(Cl)cccc1Nc1cnn(Cc2ccccc2)c1. The van der Waals surface area contributed by atoms with Crippen LogP contribution in [0.3, 0.4) is 0 Å². The molecule has 106 valence electrons. The molecule has 0 aliphatic rings. The number of rotatable bonds is 4. The maximum Gasteiger partial charge on any atom is 0.0770 e. The highest BCUT2D eigenvalue weighted by Crippen LogP contribution is 2.25. The van der Waals surface area contributed by atoms with Crippen molar-refractivity contribution in [1.82, 2.24) is 9.78 Å². The minimum absolute atomic E-state index is 0.761.